The van der Waals surface area contributed by atoms with Crippen LogP contribution in [-0.4, -0.2) is 11.1 Å². The molecule has 0 aliphatic carbocycles. The molecule has 0 amide bonds. The Morgan fingerprint density at radius 2 is 2.05 bits per heavy atom. The maximum atomic E-state index is 13.7. The van der Waals surface area contributed by atoms with Crippen LogP contribution in [0.25, 0.3) is 0 Å². The van der Waals surface area contributed by atoms with Gasteiger partial charge in [0.2, 0.25) is 0 Å². The van der Waals surface area contributed by atoms with Crippen molar-refractivity contribution < 1.29 is 14.3 Å². The molecule has 2 aromatic rings. The number of carboxylic acids is 1. The molecule has 0 heterocycles. The molecule has 0 unspecified atom stereocenters. The van der Waals surface area contributed by atoms with Gasteiger partial charge in [-0.05, 0) is 37.6 Å². The molecular formula is C17H18FNO2. The highest BCUT2D eigenvalue weighted by molar-refractivity contribution is 5.87. The quantitative estimate of drug-likeness (QED) is 0.882. The van der Waals surface area contributed by atoms with E-state index in [2.05, 4.69) is 11.4 Å². The van der Waals surface area contributed by atoms with Gasteiger partial charge in [0.05, 0.1) is 5.56 Å². The zero-order valence-electron chi connectivity index (χ0n) is 12.1. The Morgan fingerprint density at radius 3 is 2.71 bits per heavy atom. The van der Waals surface area contributed by atoms with Gasteiger partial charge >= 0.3 is 5.97 Å². The number of nitrogens with one attached hydrogen (secondary N) is 1. The van der Waals surface area contributed by atoms with E-state index in [9.17, 15) is 9.18 Å². The third-order valence-electron chi connectivity index (χ3n) is 3.43. The lowest BCUT2D eigenvalue weighted by molar-refractivity contribution is 0.0696. The molecule has 2 rings (SSSR count). The van der Waals surface area contributed by atoms with Crippen LogP contribution >= 0.6 is 0 Å². The van der Waals surface area contributed by atoms with Gasteiger partial charge in [0.15, 0.2) is 0 Å². The van der Waals surface area contributed by atoms with Crippen LogP contribution in [0.1, 0.15) is 40.0 Å². The van der Waals surface area contributed by atoms with Gasteiger partial charge in [-0.2, -0.15) is 0 Å². The number of rotatable bonds is 5. The van der Waals surface area contributed by atoms with Gasteiger partial charge in [-0.3, -0.25) is 0 Å². The lowest BCUT2D eigenvalue weighted by atomic mass is 10.0. The Hall–Kier alpha value is -2.20. The molecule has 0 bridgehead atoms. The van der Waals surface area contributed by atoms with Crippen molar-refractivity contribution >= 4 is 5.97 Å². The fourth-order valence-corrected chi connectivity index (χ4v) is 2.16. The molecule has 0 aliphatic heterocycles. The van der Waals surface area contributed by atoms with E-state index in [1.807, 2.05) is 32.0 Å². The highest BCUT2D eigenvalue weighted by Crippen LogP contribution is 2.16. The van der Waals surface area contributed by atoms with E-state index in [0.717, 1.165) is 5.56 Å². The second kappa shape index (κ2) is 6.50. The smallest absolute Gasteiger partial charge is 0.335 e. The van der Waals surface area contributed by atoms with Crippen molar-refractivity contribution in [3.8, 4) is 0 Å². The van der Waals surface area contributed by atoms with Gasteiger partial charge in [0.25, 0.3) is 0 Å². The van der Waals surface area contributed by atoms with Crippen LogP contribution in [0.5, 0.6) is 0 Å². The van der Waals surface area contributed by atoms with Crippen LogP contribution in [0.2, 0.25) is 0 Å². The molecule has 3 nitrogen and oxygen atoms in total. The maximum Gasteiger partial charge on any atom is 0.335 e. The van der Waals surface area contributed by atoms with E-state index < -0.39 is 11.8 Å². The number of benzene rings is 2. The molecular weight excluding hydrogens is 269 g/mol. The van der Waals surface area contributed by atoms with Crippen LogP contribution < -0.4 is 5.32 Å². The Kier molecular flexibility index (Phi) is 4.70. The zero-order chi connectivity index (χ0) is 15.4. The Bertz CT molecular complexity index is 655. The van der Waals surface area contributed by atoms with Crippen molar-refractivity contribution in [1.82, 2.24) is 5.32 Å². The molecule has 21 heavy (non-hydrogen) atoms. The predicted molar refractivity (Wildman–Crippen MR) is 79.8 cm³/mol. The highest BCUT2D eigenvalue weighted by Gasteiger charge is 2.10. The second-order valence-corrected chi connectivity index (χ2v) is 5.13. The number of carbonyl (C=O) groups is 1. The van der Waals surface area contributed by atoms with Crippen molar-refractivity contribution in [3.05, 3.63) is 70.5 Å². The Labute approximate surface area is 123 Å². The van der Waals surface area contributed by atoms with Crippen molar-refractivity contribution in [2.24, 2.45) is 0 Å². The lowest BCUT2D eigenvalue weighted by Gasteiger charge is -2.15. The summed E-state index contributed by atoms with van der Waals surface area (Å²) in [4.78, 5) is 10.9. The molecule has 2 aromatic carbocycles. The van der Waals surface area contributed by atoms with Crippen molar-refractivity contribution in [2.45, 2.75) is 26.4 Å². The van der Waals surface area contributed by atoms with Crippen LogP contribution in [0, 0.1) is 12.7 Å². The van der Waals surface area contributed by atoms with Crippen LogP contribution in [-0.2, 0) is 6.54 Å². The summed E-state index contributed by atoms with van der Waals surface area (Å²) in [5.74, 6) is -1.45. The molecule has 0 radical (unpaired) electrons. The van der Waals surface area contributed by atoms with Crippen LogP contribution in [0.3, 0.4) is 0 Å². The standard InChI is InChI=1S/C17H18FNO2/c1-11-4-3-5-13(8-11)12(2)19-10-15-9-14(17(20)21)6-7-16(15)18/h3-9,12,19H,10H2,1-2H3,(H,20,21)/t12-/m0/s1. The molecule has 110 valence electrons. The normalized spacial score (nSPS) is 12.1. The number of hydrogen-bond acceptors (Lipinski definition) is 2. The van der Waals surface area contributed by atoms with Crippen molar-refractivity contribution in [1.29, 1.82) is 0 Å². The first-order valence-corrected chi connectivity index (χ1v) is 6.79. The average Bonchev–Trinajstić information content (AvgIpc) is 2.45. The summed E-state index contributed by atoms with van der Waals surface area (Å²) in [5.41, 5.74) is 2.73. The third-order valence-corrected chi connectivity index (χ3v) is 3.43. The minimum Gasteiger partial charge on any atom is -0.478 e. The van der Waals surface area contributed by atoms with Gasteiger partial charge in [0, 0.05) is 18.2 Å². The van der Waals surface area contributed by atoms with Crippen LogP contribution in [0.15, 0.2) is 42.5 Å². The van der Waals surface area contributed by atoms with E-state index in [0.29, 0.717) is 5.56 Å². The number of aromatic carboxylic acids is 1. The van der Waals surface area contributed by atoms with Gasteiger partial charge in [-0.25, -0.2) is 9.18 Å². The van der Waals surface area contributed by atoms with E-state index >= 15 is 0 Å². The fraction of sp³-hybridized carbons (Fsp3) is 0.235. The summed E-state index contributed by atoms with van der Waals surface area (Å²) in [7, 11) is 0. The first kappa shape index (κ1) is 15.2. The summed E-state index contributed by atoms with van der Waals surface area (Å²) in [6.45, 7) is 4.29. The lowest BCUT2D eigenvalue weighted by Crippen LogP contribution is -2.19. The van der Waals surface area contributed by atoms with E-state index in [4.69, 9.17) is 5.11 Å². The molecule has 0 fully saturated rings. The van der Waals surface area contributed by atoms with E-state index in [1.165, 1.54) is 23.8 Å². The number of aryl methyl sites for hydroxylation is 1. The van der Waals surface area contributed by atoms with E-state index in [1.54, 1.807) is 0 Å². The molecule has 0 saturated carbocycles. The Balaban J connectivity index is 2.09. The molecule has 1 atom stereocenters. The summed E-state index contributed by atoms with van der Waals surface area (Å²) < 4.78 is 13.7. The molecule has 0 aliphatic rings. The fourth-order valence-electron chi connectivity index (χ4n) is 2.16. The summed E-state index contributed by atoms with van der Waals surface area (Å²) >= 11 is 0. The monoisotopic (exact) mass is 287 g/mol. The summed E-state index contributed by atoms with van der Waals surface area (Å²) in [5, 5.41) is 12.2. The molecule has 0 spiro atoms. The average molecular weight is 287 g/mol. The molecule has 4 heteroatoms. The minimum absolute atomic E-state index is 0.0535. The number of hydrogen-bond donors (Lipinski definition) is 2. The zero-order valence-corrected chi connectivity index (χ0v) is 12.1. The maximum absolute atomic E-state index is 13.7. The van der Waals surface area contributed by atoms with Crippen molar-refractivity contribution in [3.63, 3.8) is 0 Å². The van der Waals surface area contributed by atoms with Crippen LogP contribution in [0.4, 0.5) is 4.39 Å². The first-order chi connectivity index (χ1) is 9.97. The number of carboxylic acid groups (broad SMARTS) is 1. The first-order valence-electron chi connectivity index (χ1n) is 6.79. The molecule has 2 N–H and O–H groups in total. The summed E-state index contributed by atoms with van der Waals surface area (Å²) in [6, 6.07) is 12.0. The predicted octanol–water partition coefficient (Wildman–Crippen LogP) is 3.68. The van der Waals surface area contributed by atoms with Gasteiger partial charge < -0.3 is 10.4 Å². The largest absolute Gasteiger partial charge is 0.478 e. The Morgan fingerprint density at radius 1 is 1.29 bits per heavy atom. The topological polar surface area (TPSA) is 49.3 Å². The van der Waals surface area contributed by atoms with E-state index in [-0.39, 0.29) is 18.2 Å². The SMILES string of the molecule is Cc1cccc([C@H](C)NCc2cc(C(=O)O)ccc2F)c1. The third kappa shape index (κ3) is 3.89. The highest BCUT2D eigenvalue weighted by atomic mass is 19.1. The van der Waals surface area contributed by atoms with Gasteiger partial charge in [0.1, 0.15) is 5.82 Å². The molecule has 0 aromatic heterocycles. The summed E-state index contributed by atoms with van der Waals surface area (Å²) in [6.07, 6.45) is 0. The number of halogens is 1. The minimum atomic E-state index is -1.05. The second-order valence-electron chi connectivity index (χ2n) is 5.13. The van der Waals surface area contributed by atoms with Crippen molar-refractivity contribution in [2.75, 3.05) is 0 Å². The van der Waals surface area contributed by atoms with Gasteiger partial charge in [-0.1, -0.05) is 29.8 Å². The van der Waals surface area contributed by atoms with Gasteiger partial charge in [-0.15, -0.1) is 0 Å². The molecule has 0 saturated heterocycles.